The van der Waals surface area contributed by atoms with E-state index in [1.54, 1.807) is 0 Å². The summed E-state index contributed by atoms with van der Waals surface area (Å²) in [5.74, 6) is 1.83. The summed E-state index contributed by atoms with van der Waals surface area (Å²) in [6, 6.07) is 14.2. The van der Waals surface area contributed by atoms with Gasteiger partial charge >= 0.3 is 0 Å². The molecule has 7 N–H and O–H groups in total. The number of ether oxygens (including phenoxy) is 1. The second-order valence-corrected chi connectivity index (χ2v) is 26.4. The van der Waals surface area contributed by atoms with E-state index in [1.165, 1.54) is 30.4 Å². The number of benzene rings is 2. The van der Waals surface area contributed by atoms with Gasteiger partial charge in [-0.2, -0.15) is 0 Å². The molecule has 2 heterocycles. The molecule has 70 heavy (non-hydrogen) atoms. The summed E-state index contributed by atoms with van der Waals surface area (Å²) in [4.78, 5) is 31.6. The molecular weight excluding hydrogens is 871 g/mol. The molecule has 0 aromatic heterocycles. The van der Waals surface area contributed by atoms with Crippen LogP contribution in [0.1, 0.15) is 192 Å². The van der Waals surface area contributed by atoms with Crippen molar-refractivity contribution >= 4 is 17.3 Å². The van der Waals surface area contributed by atoms with Crippen molar-refractivity contribution in [3.63, 3.8) is 0 Å². The van der Waals surface area contributed by atoms with Crippen molar-refractivity contribution < 1.29 is 29.6 Å². The number of anilines is 1. The zero-order valence-corrected chi connectivity index (χ0v) is 43.6. The standard InChI is InChI=1S/C61H87N3O6/c1-56(69)24-10-11-25-57(2)53-48(64-35-56)33-61-26-14-21-47-52(67)51(46(59(47,61)4)22-23-50(61)58(53,3)32-44(54(57)68)39-27-36(34-63-6)28-41(65)30-39)43(37-15-8-7-9-16-37)31-49(66)55-60(5,70-55)45-20-13-19-42(45)38-17-12-18-40(62)29-38/h12,17-18,27-30,37,42-45,47-50,53,55,63-66,69H,7-11,13-16,19-26,31-35,62H2,1-6H3/t42-,43+,44+,45+,47+,48+,49-,50-,53+,55-,56-,57-,58+,59-,60-,61+/m1/s1. The number of allylic oxidation sites excluding steroid dienone is 2. The number of aliphatic hydroxyl groups excluding tert-OH is 1. The third kappa shape index (κ3) is 7.59. The Hall–Kier alpha value is -3.08. The topological polar surface area (TPSA) is 157 Å². The van der Waals surface area contributed by atoms with Crippen molar-refractivity contribution in [2.45, 2.75) is 211 Å². The number of hydrogen-bond acceptors (Lipinski definition) is 9. The molecule has 8 fully saturated rings. The predicted molar refractivity (Wildman–Crippen MR) is 276 cm³/mol. The van der Waals surface area contributed by atoms with Crippen LogP contribution in [0.2, 0.25) is 0 Å². The van der Waals surface area contributed by atoms with E-state index < -0.39 is 22.7 Å². The molecule has 7 aliphatic carbocycles. The molecule has 9 nitrogen and oxygen atoms in total. The van der Waals surface area contributed by atoms with Crippen LogP contribution in [0.15, 0.2) is 53.6 Å². The molecule has 2 aromatic carbocycles. The van der Waals surface area contributed by atoms with Crippen molar-refractivity contribution in [3.05, 3.63) is 70.3 Å². The second-order valence-electron chi connectivity index (χ2n) is 26.4. The van der Waals surface area contributed by atoms with Crippen LogP contribution in [0.3, 0.4) is 0 Å². The first kappa shape index (κ1) is 49.1. The fraction of sp³-hybridized carbons (Fsp3) is 0.738. The Balaban J connectivity index is 0.987. The number of nitrogens with one attached hydrogen (secondary N) is 2. The second kappa shape index (κ2) is 17.8. The van der Waals surface area contributed by atoms with Gasteiger partial charge in [0.2, 0.25) is 0 Å². The van der Waals surface area contributed by atoms with E-state index in [1.807, 2.05) is 32.2 Å². The van der Waals surface area contributed by atoms with Gasteiger partial charge in [0, 0.05) is 47.5 Å². The molecule has 16 atom stereocenters. The van der Waals surface area contributed by atoms with Crippen molar-refractivity contribution in [3.8, 4) is 5.75 Å². The van der Waals surface area contributed by atoms with Crippen molar-refractivity contribution in [1.82, 2.24) is 10.6 Å². The van der Waals surface area contributed by atoms with Gasteiger partial charge in [0.05, 0.1) is 17.3 Å². The number of nitrogens with two attached hydrogens (primary N) is 1. The number of rotatable bonds is 10. The smallest absolute Gasteiger partial charge is 0.163 e. The van der Waals surface area contributed by atoms with Gasteiger partial charge in [-0.15, -0.1) is 0 Å². The minimum absolute atomic E-state index is 0.00177. The third-order valence-electron chi connectivity index (χ3n) is 22.5. The van der Waals surface area contributed by atoms with E-state index >= 15 is 9.59 Å². The minimum atomic E-state index is -0.859. The van der Waals surface area contributed by atoms with E-state index in [0.717, 1.165) is 112 Å². The number of hydrogen-bond donors (Lipinski definition) is 6. The maximum absolute atomic E-state index is 16.0. The van der Waals surface area contributed by atoms with Crippen LogP contribution < -0.4 is 16.4 Å². The lowest BCUT2D eigenvalue weighted by Crippen LogP contribution is -2.72. The normalized spacial score (nSPS) is 43.8. The molecule has 9 aliphatic rings. The molecule has 1 spiro atoms. The Bertz CT molecular complexity index is 2390. The Morgan fingerprint density at radius 2 is 1.64 bits per heavy atom. The average molecular weight is 958 g/mol. The molecule has 2 saturated heterocycles. The van der Waals surface area contributed by atoms with Gasteiger partial charge in [0.25, 0.3) is 0 Å². The first-order chi connectivity index (χ1) is 33.4. The highest BCUT2D eigenvalue weighted by molar-refractivity contribution is 6.03. The van der Waals surface area contributed by atoms with Gasteiger partial charge in [-0.25, -0.2) is 0 Å². The van der Waals surface area contributed by atoms with E-state index in [9.17, 15) is 15.3 Å². The monoisotopic (exact) mass is 958 g/mol. The first-order valence-electron chi connectivity index (χ1n) is 28.3. The number of phenols is 1. The summed E-state index contributed by atoms with van der Waals surface area (Å²) in [6.45, 7) is 12.7. The fourth-order valence-electron chi connectivity index (χ4n) is 19.7. The molecular formula is C61H87N3O6. The number of nitrogen functional groups attached to an aromatic ring is 1. The van der Waals surface area contributed by atoms with Crippen LogP contribution in [0.25, 0.3) is 0 Å². The largest absolute Gasteiger partial charge is 0.508 e. The lowest BCUT2D eigenvalue weighted by atomic mass is 9.31. The van der Waals surface area contributed by atoms with Gasteiger partial charge in [-0.3, -0.25) is 9.59 Å². The van der Waals surface area contributed by atoms with E-state index in [2.05, 4.69) is 62.6 Å². The maximum Gasteiger partial charge on any atom is 0.163 e. The van der Waals surface area contributed by atoms with Crippen LogP contribution in [-0.2, 0) is 20.9 Å². The Morgan fingerprint density at radius 1 is 0.857 bits per heavy atom. The van der Waals surface area contributed by atoms with Crippen molar-refractivity contribution in [2.75, 3.05) is 19.3 Å². The number of β-amino-alcohol motifs (C(OH)–C–C–N with tert-alkyl or cyclic N) is 1. The number of aliphatic hydroxyl groups is 2. The SMILES string of the molecule is CNCc1cc(O)cc([C@@H]2C[C@@]3(C)[C@H]4CCC5=C([C@@H](C[C@@H](O)[C@H]6O[C@]6(C)[C@H]6CCC[C@@H]6c6cccc(N)c6)C6CCCCC6)C(=O)[C@@H]6CCC[C@@]4(C[C@@H]4NC[C@](C)(O)CCCC[C@@](C)(C2=O)[C@H]43)[C@]56C)c1. The predicted octanol–water partition coefficient (Wildman–Crippen LogP) is 10.8. The Morgan fingerprint density at radius 3 is 2.41 bits per heavy atom. The van der Waals surface area contributed by atoms with E-state index in [0.29, 0.717) is 61.7 Å². The van der Waals surface area contributed by atoms with Crippen LogP contribution >= 0.6 is 0 Å². The summed E-state index contributed by atoms with van der Waals surface area (Å²) in [7, 11) is 1.92. The number of fused-ring (bicyclic) bond motifs is 1. The molecule has 0 unspecified atom stereocenters. The van der Waals surface area contributed by atoms with Crippen LogP contribution in [0.4, 0.5) is 5.69 Å². The molecule has 0 amide bonds. The first-order valence-corrected chi connectivity index (χ1v) is 28.3. The quantitative estimate of drug-likeness (QED) is 0.101. The van der Waals surface area contributed by atoms with Gasteiger partial charge in [0.15, 0.2) is 5.78 Å². The number of aromatic hydroxyl groups is 1. The molecule has 9 heteroatoms. The van der Waals surface area contributed by atoms with Crippen molar-refractivity contribution in [1.29, 1.82) is 0 Å². The number of carbonyl (C=O) groups excluding carboxylic acids is 2. The number of carbonyl (C=O) groups is 2. The molecule has 6 saturated carbocycles. The molecule has 2 aliphatic heterocycles. The Kier molecular flexibility index (Phi) is 12.5. The summed E-state index contributed by atoms with van der Waals surface area (Å²) >= 11 is 0. The maximum atomic E-state index is 16.0. The van der Waals surface area contributed by atoms with Crippen LogP contribution in [0.5, 0.6) is 5.75 Å². The highest BCUT2D eigenvalue weighted by Gasteiger charge is 2.76. The zero-order chi connectivity index (χ0) is 49.2. The molecule has 11 rings (SSSR count). The molecule has 0 radical (unpaired) electrons. The highest BCUT2D eigenvalue weighted by Crippen LogP contribution is 2.79. The number of Topliss-reactive ketones (excluding diaryl/α,β-unsaturated/α-hetero) is 2. The lowest BCUT2D eigenvalue weighted by Gasteiger charge is -2.73. The number of epoxide rings is 1. The van der Waals surface area contributed by atoms with E-state index in [4.69, 9.17) is 10.5 Å². The van der Waals surface area contributed by atoms with Gasteiger partial charge in [0.1, 0.15) is 17.6 Å². The van der Waals surface area contributed by atoms with Gasteiger partial charge in [-0.1, -0.05) is 89.5 Å². The summed E-state index contributed by atoms with van der Waals surface area (Å²) in [5, 5.41) is 43.0. The minimum Gasteiger partial charge on any atom is -0.508 e. The number of phenolic OH excluding ortho intramolecular Hbond substituents is 1. The molecule has 2 aromatic rings. The fourth-order valence-corrected chi connectivity index (χ4v) is 19.7. The lowest BCUT2D eigenvalue weighted by molar-refractivity contribution is -0.219. The van der Waals surface area contributed by atoms with Gasteiger partial charge < -0.3 is 36.4 Å². The molecule has 0 bridgehead atoms. The average Bonchev–Trinajstić information content (AvgIpc) is 3.65. The van der Waals surface area contributed by atoms with Crippen LogP contribution in [-0.4, -0.2) is 69.9 Å². The van der Waals surface area contributed by atoms with Gasteiger partial charge in [-0.05, 0) is 197 Å². The summed E-state index contributed by atoms with van der Waals surface area (Å²) in [6.07, 6.45) is 18.5. The summed E-state index contributed by atoms with van der Waals surface area (Å²) in [5.41, 5.74) is 10.1. The van der Waals surface area contributed by atoms with Crippen molar-refractivity contribution in [2.24, 2.45) is 57.2 Å². The summed E-state index contributed by atoms with van der Waals surface area (Å²) < 4.78 is 6.76. The van der Waals surface area contributed by atoms with Crippen LogP contribution in [0, 0.1) is 57.2 Å². The zero-order valence-electron chi connectivity index (χ0n) is 43.6. The third-order valence-corrected chi connectivity index (χ3v) is 22.5. The number of ketones is 2. The van der Waals surface area contributed by atoms with E-state index in [-0.39, 0.29) is 63.7 Å². The Labute approximate surface area is 419 Å². The highest BCUT2D eigenvalue weighted by atomic mass is 16.6. The molecule has 382 valence electrons.